The molecule has 4 heteroatoms. The molecule has 3 N–H and O–H groups in total. The first kappa shape index (κ1) is 15.9. The average molecular weight is 318 g/mol. The van der Waals surface area contributed by atoms with Crippen LogP contribution < -0.4 is 11.1 Å². The highest BCUT2D eigenvalue weighted by molar-refractivity contribution is 8.01. The molecule has 2 aliphatic carbocycles. The molecule has 0 spiro atoms. The second-order valence-corrected chi connectivity index (χ2v) is 8.23. The maximum atomic E-state index is 13.0. The zero-order valence-corrected chi connectivity index (χ0v) is 14.1. The minimum absolute atomic E-state index is 0.170. The van der Waals surface area contributed by atoms with E-state index in [0.717, 1.165) is 25.7 Å². The molecule has 0 heterocycles. The third-order valence-electron chi connectivity index (χ3n) is 4.92. The molecular weight excluding hydrogens is 292 g/mol. The Hall–Kier alpha value is -1.00. The first-order valence-corrected chi connectivity index (χ1v) is 9.21. The number of nitrogens with one attached hydrogen (secondary N) is 1. The van der Waals surface area contributed by atoms with Gasteiger partial charge in [-0.25, -0.2) is 0 Å². The number of carbonyl (C=O) groups is 1. The monoisotopic (exact) mass is 318 g/mol. The quantitative estimate of drug-likeness (QED) is 0.846. The molecule has 1 amide bonds. The third-order valence-corrected chi connectivity index (χ3v) is 6.41. The predicted octanol–water partition coefficient (Wildman–Crippen LogP) is 3.25. The number of amides is 1. The zero-order chi connectivity index (χ0) is 15.6. The topological polar surface area (TPSA) is 55.1 Å². The van der Waals surface area contributed by atoms with E-state index >= 15 is 0 Å². The lowest BCUT2D eigenvalue weighted by atomic mass is 10.0. The normalized spacial score (nSPS) is 21.5. The summed E-state index contributed by atoms with van der Waals surface area (Å²) in [5, 5.41) is 3.26. The minimum atomic E-state index is -0.294. The van der Waals surface area contributed by atoms with E-state index in [0.29, 0.717) is 12.5 Å². The van der Waals surface area contributed by atoms with Crippen LogP contribution in [-0.4, -0.2) is 23.2 Å². The van der Waals surface area contributed by atoms with Gasteiger partial charge in [0.05, 0.1) is 4.75 Å². The van der Waals surface area contributed by atoms with Gasteiger partial charge in [0.25, 0.3) is 0 Å². The maximum absolute atomic E-state index is 13.0. The van der Waals surface area contributed by atoms with Crippen molar-refractivity contribution in [3.63, 3.8) is 0 Å². The summed E-state index contributed by atoms with van der Waals surface area (Å²) in [7, 11) is 0. The van der Waals surface area contributed by atoms with Gasteiger partial charge in [-0.1, -0.05) is 30.5 Å². The Morgan fingerprint density at radius 3 is 2.50 bits per heavy atom. The molecule has 0 radical (unpaired) electrons. The Morgan fingerprint density at radius 1 is 1.32 bits per heavy atom. The standard InChI is InChI=1S/C18H26N2OS/c1-13-4-8-15(9-5-13)22-18(10-2-3-11-18)17(21)20-16(12-19)14-6-7-14/h4-5,8-9,14,16H,2-3,6-7,10-12,19H2,1H3,(H,20,21). The second-order valence-electron chi connectivity index (χ2n) is 6.77. The van der Waals surface area contributed by atoms with E-state index < -0.39 is 0 Å². The van der Waals surface area contributed by atoms with Crippen molar-refractivity contribution in [1.29, 1.82) is 0 Å². The summed E-state index contributed by atoms with van der Waals surface area (Å²) in [5.41, 5.74) is 7.11. The molecule has 3 rings (SSSR count). The highest BCUT2D eigenvalue weighted by atomic mass is 32.2. The highest BCUT2D eigenvalue weighted by Crippen LogP contribution is 2.46. The fourth-order valence-corrected chi connectivity index (χ4v) is 4.69. The molecule has 2 fully saturated rings. The number of hydrogen-bond donors (Lipinski definition) is 2. The van der Waals surface area contributed by atoms with Crippen molar-refractivity contribution in [2.75, 3.05) is 6.54 Å². The van der Waals surface area contributed by atoms with Crippen LogP contribution in [0, 0.1) is 12.8 Å². The minimum Gasteiger partial charge on any atom is -0.351 e. The van der Waals surface area contributed by atoms with Crippen LogP contribution in [0.1, 0.15) is 44.1 Å². The van der Waals surface area contributed by atoms with Gasteiger partial charge < -0.3 is 11.1 Å². The molecule has 0 bridgehead atoms. The van der Waals surface area contributed by atoms with Crippen LogP contribution in [0.4, 0.5) is 0 Å². The first-order chi connectivity index (χ1) is 10.6. The Bertz CT molecular complexity index is 518. The number of rotatable bonds is 6. The van der Waals surface area contributed by atoms with E-state index in [-0.39, 0.29) is 16.7 Å². The van der Waals surface area contributed by atoms with Gasteiger partial charge in [-0.05, 0) is 50.7 Å². The van der Waals surface area contributed by atoms with Crippen LogP contribution in [0.25, 0.3) is 0 Å². The first-order valence-electron chi connectivity index (χ1n) is 8.40. The molecule has 1 aromatic rings. The van der Waals surface area contributed by atoms with Crippen LogP contribution in [0.2, 0.25) is 0 Å². The molecule has 3 nitrogen and oxygen atoms in total. The van der Waals surface area contributed by atoms with Gasteiger partial charge in [0.2, 0.25) is 5.91 Å². The number of benzene rings is 1. The Morgan fingerprint density at radius 2 is 1.95 bits per heavy atom. The third kappa shape index (κ3) is 3.49. The van der Waals surface area contributed by atoms with Crippen molar-refractivity contribution >= 4 is 17.7 Å². The summed E-state index contributed by atoms with van der Waals surface area (Å²) in [5.74, 6) is 0.815. The van der Waals surface area contributed by atoms with Gasteiger partial charge in [0, 0.05) is 17.5 Å². The van der Waals surface area contributed by atoms with Crippen LogP contribution in [0.15, 0.2) is 29.2 Å². The van der Waals surface area contributed by atoms with Crippen molar-refractivity contribution < 1.29 is 4.79 Å². The molecule has 2 saturated carbocycles. The number of thioether (sulfide) groups is 1. The summed E-state index contributed by atoms with van der Waals surface area (Å²) in [6, 6.07) is 8.68. The van der Waals surface area contributed by atoms with Gasteiger partial charge in [-0.3, -0.25) is 4.79 Å². The molecule has 0 aliphatic heterocycles. The summed E-state index contributed by atoms with van der Waals surface area (Å²) in [6.07, 6.45) is 6.64. The van der Waals surface area contributed by atoms with E-state index in [1.807, 2.05) is 0 Å². The van der Waals surface area contributed by atoms with Gasteiger partial charge in [0.1, 0.15) is 0 Å². The number of hydrogen-bond acceptors (Lipinski definition) is 3. The molecule has 1 atom stereocenters. The molecule has 0 saturated heterocycles. The zero-order valence-electron chi connectivity index (χ0n) is 13.3. The van der Waals surface area contributed by atoms with Gasteiger partial charge in [-0.2, -0.15) is 0 Å². The maximum Gasteiger partial charge on any atom is 0.236 e. The summed E-state index contributed by atoms with van der Waals surface area (Å²) >= 11 is 1.75. The Balaban J connectivity index is 1.72. The van der Waals surface area contributed by atoms with Crippen molar-refractivity contribution in [3.8, 4) is 0 Å². The molecule has 1 aromatic carbocycles. The fourth-order valence-electron chi connectivity index (χ4n) is 3.32. The lowest BCUT2D eigenvalue weighted by Crippen LogP contribution is -2.50. The molecular formula is C18H26N2OS. The molecule has 120 valence electrons. The van der Waals surface area contributed by atoms with E-state index in [9.17, 15) is 4.79 Å². The average Bonchev–Trinajstić information content (AvgIpc) is 3.26. The van der Waals surface area contributed by atoms with Crippen molar-refractivity contribution in [3.05, 3.63) is 29.8 Å². The summed E-state index contributed by atoms with van der Waals surface area (Å²) in [4.78, 5) is 14.1. The highest BCUT2D eigenvalue weighted by Gasteiger charge is 2.44. The lowest BCUT2D eigenvalue weighted by Gasteiger charge is -2.29. The Labute approximate surface area is 137 Å². The number of nitrogens with two attached hydrogens (primary N) is 1. The van der Waals surface area contributed by atoms with Crippen LogP contribution in [0.3, 0.4) is 0 Å². The molecule has 0 aromatic heterocycles. The lowest BCUT2D eigenvalue weighted by molar-refractivity contribution is -0.124. The summed E-state index contributed by atoms with van der Waals surface area (Å²) in [6.45, 7) is 2.65. The van der Waals surface area contributed by atoms with Gasteiger partial charge >= 0.3 is 0 Å². The smallest absolute Gasteiger partial charge is 0.236 e. The van der Waals surface area contributed by atoms with Crippen LogP contribution in [-0.2, 0) is 4.79 Å². The van der Waals surface area contributed by atoms with E-state index in [2.05, 4.69) is 36.5 Å². The van der Waals surface area contributed by atoms with Crippen molar-refractivity contribution in [2.24, 2.45) is 11.7 Å². The number of carbonyl (C=O) groups excluding carboxylic acids is 1. The predicted molar refractivity (Wildman–Crippen MR) is 91.9 cm³/mol. The van der Waals surface area contributed by atoms with E-state index in [1.54, 1.807) is 11.8 Å². The molecule has 1 unspecified atom stereocenters. The second kappa shape index (κ2) is 6.63. The molecule has 22 heavy (non-hydrogen) atoms. The Kier molecular flexibility index (Phi) is 4.79. The fraction of sp³-hybridized carbons (Fsp3) is 0.611. The van der Waals surface area contributed by atoms with Gasteiger partial charge in [-0.15, -0.1) is 11.8 Å². The van der Waals surface area contributed by atoms with Crippen molar-refractivity contribution in [1.82, 2.24) is 5.32 Å². The van der Waals surface area contributed by atoms with Crippen molar-refractivity contribution in [2.45, 2.75) is 61.1 Å². The molecule has 2 aliphatic rings. The van der Waals surface area contributed by atoms with E-state index in [4.69, 9.17) is 5.73 Å². The summed E-state index contributed by atoms with van der Waals surface area (Å²) < 4.78 is -0.294. The van der Waals surface area contributed by atoms with E-state index in [1.165, 1.54) is 23.3 Å². The van der Waals surface area contributed by atoms with Crippen LogP contribution >= 0.6 is 11.8 Å². The SMILES string of the molecule is Cc1ccc(SC2(C(=O)NC(CN)C3CC3)CCCC2)cc1. The largest absolute Gasteiger partial charge is 0.351 e. The number of aryl methyl sites for hydroxylation is 1. The van der Waals surface area contributed by atoms with Crippen LogP contribution in [0.5, 0.6) is 0 Å². The van der Waals surface area contributed by atoms with Gasteiger partial charge in [0.15, 0.2) is 0 Å².